The van der Waals surface area contributed by atoms with Crippen LogP contribution in [0.5, 0.6) is 0 Å². The van der Waals surface area contributed by atoms with Gasteiger partial charge >= 0.3 is 12.1 Å². The number of rotatable bonds is 8. The molecule has 0 saturated carbocycles. The van der Waals surface area contributed by atoms with Crippen LogP contribution in [0.2, 0.25) is 0 Å². The van der Waals surface area contributed by atoms with Crippen LogP contribution in [-0.2, 0) is 14.3 Å². The van der Waals surface area contributed by atoms with E-state index < -0.39 is 18.1 Å². The first-order chi connectivity index (χ1) is 16.5. The van der Waals surface area contributed by atoms with Crippen LogP contribution in [0.4, 0.5) is 4.79 Å². The quantitative estimate of drug-likeness (QED) is 0.622. The van der Waals surface area contributed by atoms with E-state index in [2.05, 4.69) is 29.6 Å². The first-order valence-electron chi connectivity index (χ1n) is 11.8. The van der Waals surface area contributed by atoms with Crippen LogP contribution in [0, 0.1) is 0 Å². The Morgan fingerprint density at radius 2 is 1.59 bits per heavy atom. The van der Waals surface area contributed by atoms with Crippen LogP contribution in [0.15, 0.2) is 48.5 Å². The number of hydrogen-bond donors (Lipinski definition) is 2. The molecule has 34 heavy (non-hydrogen) atoms. The summed E-state index contributed by atoms with van der Waals surface area (Å²) < 4.78 is 5.60. The van der Waals surface area contributed by atoms with Crippen molar-refractivity contribution in [2.24, 2.45) is 0 Å². The molecule has 1 heterocycles. The fraction of sp³-hybridized carbons (Fsp3) is 0.423. The summed E-state index contributed by atoms with van der Waals surface area (Å²) in [6, 6.07) is 15.6. The first-order valence-corrected chi connectivity index (χ1v) is 11.8. The van der Waals surface area contributed by atoms with E-state index in [1.165, 1.54) is 0 Å². The molecule has 8 heteroatoms. The number of carboxylic acid groups (broad SMARTS) is 1. The number of ether oxygens (including phenoxy) is 1. The van der Waals surface area contributed by atoms with Gasteiger partial charge in [0.05, 0.1) is 6.42 Å². The number of carbonyl (C=O) groups excluding carboxylic acids is 2. The molecule has 2 aromatic rings. The summed E-state index contributed by atoms with van der Waals surface area (Å²) in [4.78, 5) is 40.1. The highest BCUT2D eigenvalue weighted by Gasteiger charge is 2.31. The Labute approximate surface area is 199 Å². The lowest BCUT2D eigenvalue weighted by atomic mass is 9.98. The number of amides is 2. The average molecular weight is 466 g/mol. The summed E-state index contributed by atoms with van der Waals surface area (Å²) in [5, 5.41) is 11.6. The van der Waals surface area contributed by atoms with Crippen LogP contribution in [-0.4, -0.2) is 78.2 Å². The van der Waals surface area contributed by atoms with E-state index in [1.807, 2.05) is 36.1 Å². The highest BCUT2D eigenvalue weighted by Crippen LogP contribution is 2.44. The number of fused-ring (bicyclic) bond motifs is 3. The summed E-state index contributed by atoms with van der Waals surface area (Å²) in [6.45, 7) is 4.82. The van der Waals surface area contributed by atoms with Crippen molar-refractivity contribution < 1.29 is 24.2 Å². The fourth-order valence-electron chi connectivity index (χ4n) is 4.79. The van der Waals surface area contributed by atoms with Crippen molar-refractivity contribution in [1.82, 2.24) is 15.1 Å². The molecule has 1 fully saturated rings. The lowest BCUT2D eigenvalue weighted by Gasteiger charge is -2.36. The van der Waals surface area contributed by atoms with Crippen molar-refractivity contribution in [3.05, 3.63) is 59.7 Å². The monoisotopic (exact) mass is 465 g/mol. The Kier molecular flexibility index (Phi) is 7.47. The Morgan fingerprint density at radius 3 is 2.15 bits per heavy atom. The van der Waals surface area contributed by atoms with E-state index in [0.717, 1.165) is 22.3 Å². The predicted octanol–water partition coefficient (Wildman–Crippen LogP) is 2.92. The lowest BCUT2D eigenvalue weighted by molar-refractivity contribution is -0.139. The second-order valence-electron chi connectivity index (χ2n) is 8.74. The number of piperazine rings is 1. The van der Waals surface area contributed by atoms with Crippen molar-refractivity contribution in [3.63, 3.8) is 0 Å². The van der Waals surface area contributed by atoms with E-state index >= 15 is 0 Å². The van der Waals surface area contributed by atoms with Crippen LogP contribution in [0.3, 0.4) is 0 Å². The SMILES string of the molecule is CC[C@@H](NC(=O)OCC1c2ccccc2-c2ccccc21)C(=O)N1CCN(CCC(=O)O)CC1. The maximum Gasteiger partial charge on any atom is 0.407 e. The molecule has 1 atom stereocenters. The molecule has 1 saturated heterocycles. The molecule has 2 aliphatic rings. The molecule has 4 rings (SSSR count). The van der Waals surface area contributed by atoms with E-state index in [1.54, 1.807) is 4.90 Å². The largest absolute Gasteiger partial charge is 0.481 e. The van der Waals surface area contributed by atoms with Gasteiger partial charge in [0.2, 0.25) is 5.91 Å². The molecule has 0 unspecified atom stereocenters. The average Bonchev–Trinajstić information content (AvgIpc) is 3.18. The summed E-state index contributed by atoms with van der Waals surface area (Å²) in [5.41, 5.74) is 4.60. The van der Waals surface area contributed by atoms with Crippen molar-refractivity contribution in [1.29, 1.82) is 0 Å². The van der Waals surface area contributed by atoms with E-state index in [9.17, 15) is 14.4 Å². The molecule has 2 amide bonds. The van der Waals surface area contributed by atoms with Gasteiger partial charge in [-0.05, 0) is 28.7 Å². The molecule has 0 aromatic heterocycles. The molecule has 2 N–H and O–H groups in total. The molecule has 1 aliphatic carbocycles. The predicted molar refractivity (Wildman–Crippen MR) is 128 cm³/mol. The summed E-state index contributed by atoms with van der Waals surface area (Å²) in [6.07, 6.45) is -0.0425. The number of nitrogens with one attached hydrogen (secondary N) is 1. The third-order valence-corrected chi connectivity index (χ3v) is 6.67. The van der Waals surface area contributed by atoms with E-state index in [-0.39, 0.29) is 24.9 Å². The minimum absolute atomic E-state index is 0.0344. The van der Waals surface area contributed by atoms with Gasteiger partial charge in [-0.25, -0.2) is 4.79 Å². The van der Waals surface area contributed by atoms with Gasteiger partial charge in [-0.1, -0.05) is 55.5 Å². The second-order valence-corrected chi connectivity index (χ2v) is 8.74. The van der Waals surface area contributed by atoms with Crippen LogP contribution >= 0.6 is 0 Å². The summed E-state index contributed by atoms with van der Waals surface area (Å²) in [5.74, 6) is -0.987. The van der Waals surface area contributed by atoms with Crippen molar-refractivity contribution in [3.8, 4) is 11.1 Å². The van der Waals surface area contributed by atoms with Crippen molar-refractivity contribution >= 4 is 18.0 Å². The van der Waals surface area contributed by atoms with Crippen LogP contribution in [0.25, 0.3) is 11.1 Å². The molecule has 180 valence electrons. The van der Waals surface area contributed by atoms with Crippen molar-refractivity contribution in [2.45, 2.75) is 31.7 Å². The van der Waals surface area contributed by atoms with Gasteiger partial charge in [-0.3, -0.25) is 14.5 Å². The van der Waals surface area contributed by atoms with Crippen LogP contribution in [0.1, 0.15) is 36.8 Å². The Bertz CT molecular complexity index is 1000. The highest BCUT2D eigenvalue weighted by molar-refractivity contribution is 5.86. The number of aliphatic carboxylic acids is 1. The number of benzene rings is 2. The van der Waals surface area contributed by atoms with Crippen molar-refractivity contribution in [2.75, 3.05) is 39.3 Å². The van der Waals surface area contributed by atoms with Crippen LogP contribution < -0.4 is 5.32 Å². The molecule has 2 aromatic carbocycles. The number of carboxylic acids is 1. The van der Waals surface area contributed by atoms with Gasteiger partial charge in [0.25, 0.3) is 0 Å². The first kappa shape index (κ1) is 23.8. The summed E-state index contributed by atoms with van der Waals surface area (Å²) in [7, 11) is 0. The maximum absolute atomic E-state index is 13.0. The fourth-order valence-corrected chi connectivity index (χ4v) is 4.79. The van der Waals surface area contributed by atoms with E-state index in [4.69, 9.17) is 9.84 Å². The van der Waals surface area contributed by atoms with Gasteiger partial charge in [-0.2, -0.15) is 0 Å². The molecule has 0 spiro atoms. The van der Waals surface area contributed by atoms with Gasteiger partial charge in [-0.15, -0.1) is 0 Å². The van der Waals surface area contributed by atoms with E-state index in [0.29, 0.717) is 39.1 Å². The smallest absolute Gasteiger partial charge is 0.407 e. The zero-order chi connectivity index (χ0) is 24.1. The zero-order valence-corrected chi connectivity index (χ0v) is 19.4. The van der Waals surface area contributed by atoms with Gasteiger partial charge in [0.15, 0.2) is 0 Å². The molecular formula is C26H31N3O5. The number of nitrogens with zero attached hydrogens (tertiary/aromatic N) is 2. The Morgan fingerprint density at radius 1 is 1.00 bits per heavy atom. The Balaban J connectivity index is 1.30. The highest BCUT2D eigenvalue weighted by atomic mass is 16.5. The second kappa shape index (κ2) is 10.7. The minimum atomic E-state index is -0.822. The van der Waals surface area contributed by atoms with Gasteiger partial charge < -0.3 is 20.1 Å². The molecule has 8 nitrogen and oxygen atoms in total. The number of hydrogen-bond acceptors (Lipinski definition) is 5. The molecule has 0 bridgehead atoms. The third kappa shape index (κ3) is 5.22. The zero-order valence-electron chi connectivity index (χ0n) is 19.4. The Hall–Kier alpha value is -3.39. The normalized spacial score (nSPS) is 16.4. The lowest BCUT2D eigenvalue weighted by Crippen LogP contribution is -2.55. The third-order valence-electron chi connectivity index (χ3n) is 6.67. The molecular weight excluding hydrogens is 434 g/mol. The topological polar surface area (TPSA) is 99.2 Å². The number of alkyl carbamates (subject to hydrolysis) is 1. The maximum atomic E-state index is 13.0. The standard InChI is InChI=1S/C26H31N3O5/c1-2-23(25(32)29-15-13-28(14-16-29)12-11-24(30)31)27-26(33)34-17-22-20-9-5-3-7-18(20)19-8-4-6-10-21(19)22/h3-10,22-23H,2,11-17H2,1H3,(H,27,33)(H,30,31)/t23-/m1/s1. The molecule has 0 radical (unpaired) electrons. The van der Waals surface area contributed by atoms with Gasteiger partial charge in [0.1, 0.15) is 12.6 Å². The molecule has 1 aliphatic heterocycles. The summed E-state index contributed by atoms with van der Waals surface area (Å²) >= 11 is 0. The van der Waals surface area contributed by atoms with Gasteiger partial charge in [0, 0.05) is 38.6 Å². The minimum Gasteiger partial charge on any atom is -0.481 e. The number of carbonyl (C=O) groups is 3.